The maximum atomic E-state index is 6.02. The second-order valence-corrected chi connectivity index (χ2v) is 6.21. The fourth-order valence-electron chi connectivity index (χ4n) is 2.76. The number of benzene rings is 1. The van der Waals surface area contributed by atoms with Gasteiger partial charge in [-0.3, -0.25) is 9.67 Å². The van der Waals surface area contributed by atoms with E-state index in [1.165, 1.54) is 0 Å². The van der Waals surface area contributed by atoms with Crippen molar-refractivity contribution in [3.63, 3.8) is 0 Å². The van der Waals surface area contributed by atoms with Gasteiger partial charge in [-0.2, -0.15) is 5.10 Å². The standard InChI is InChI=1S/C20H32N6O/c1-5-26(6-2)13-14-27-19-10-8-7-9-17(19)15-22-20(21-3)23-16-18-11-12-24-25(18)4/h7-12H,5-6,13-16H2,1-4H3,(H2,21,22,23). The van der Waals surface area contributed by atoms with Crippen molar-refractivity contribution < 1.29 is 4.74 Å². The lowest BCUT2D eigenvalue weighted by atomic mass is 10.2. The van der Waals surface area contributed by atoms with E-state index in [0.29, 0.717) is 19.7 Å². The Morgan fingerprint density at radius 2 is 1.89 bits per heavy atom. The van der Waals surface area contributed by atoms with E-state index in [0.717, 1.165) is 42.6 Å². The molecule has 0 fully saturated rings. The second kappa shape index (κ2) is 11.2. The summed E-state index contributed by atoms with van der Waals surface area (Å²) in [6, 6.07) is 10.1. The topological polar surface area (TPSA) is 66.7 Å². The molecule has 7 heteroatoms. The zero-order valence-corrected chi connectivity index (χ0v) is 16.9. The molecule has 0 unspecified atom stereocenters. The molecule has 0 aliphatic heterocycles. The summed E-state index contributed by atoms with van der Waals surface area (Å²) in [7, 11) is 3.70. The molecule has 2 N–H and O–H groups in total. The highest BCUT2D eigenvalue weighted by atomic mass is 16.5. The Labute approximate surface area is 162 Å². The molecule has 0 spiro atoms. The lowest BCUT2D eigenvalue weighted by Crippen LogP contribution is -2.36. The van der Waals surface area contributed by atoms with E-state index in [1.54, 1.807) is 13.2 Å². The van der Waals surface area contributed by atoms with Crippen LogP contribution in [-0.2, 0) is 20.1 Å². The Balaban J connectivity index is 1.86. The molecule has 0 amide bonds. The molecule has 2 rings (SSSR count). The van der Waals surface area contributed by atoms with Gasteiger partial charge in [0.2, 0.25) is 0 Å². The Kier molecular flexibility index (Phi) is 8.64. The Morgan fingerprint density at radius 3 is 2.56 bits per heavy atom. The lowest BCUT2D eigenvalue weighted by Gasteiger charge is -2.19. The number of likely N-dealkylation sites (N-methyl/N-ethyl adjacent to an activating group) is 1. The number of aromatic nitrogens is 2. The minimum Gasteiger partial charge on any atom is -0.492 e. The zero-order valence-electron chi connectivity index (χ0n) is 16.9. The van der Waals surface area contributed by atoms with Crippen LogP contribution in [0.3, 0.4) is 0 Å². The molecule has 1 heterocycles. The van der Waals surface area contributed by atoms with E-state index in [2.05, 4.69) is 45.5 Å². The van der Waals surface area contributed by atoms with Crippen LogP contribution >= 0.6 is 0 Å². The van der Waals surface area contributed by atoms with Crippen LogP contribution in [0.1, 0.15) is 25.1 Å². The summed E-state index contributed by atoms with van der Waals surface area (Å²) in [4.78, 5) is 6.64. The molecule has 0 saturated carbocycles. The van der Waals surface area contributed by atoms with Crippen molar-refractivity contribution in [2.75, 3.05) is 33.3 Å². The van der Waals surface area contributed by atoms with E-state index in [-0.39, 0.29) is 0 Å². The van der Waals surface area contributed by atoms with Crippen LogP contribution in [0.25, 0.3) is 0 Å². The first-order valence-electron chi connectivity index (χ1n) is 9.52. The number of rotatable bonds is 10. The zero-order chi connectivity index (χ0) is 19.5. The highest BCUT2D eigenvalue weighted by Gasteiger charge is 2.06. The smallest absolute Gasteiger partial charge is 0.191 e. The Bertz CT molecular complexity index is 708. The van der Waals surface area contributed by atoms with Crippen molar-refractivity contribution in [1.82, 2.24) is 25.3 Å². The largest absolute Gasteiger partial charge is 0.492 e. The fourth-order valence-corrected chi connectivity index (χ4v) is 2.76. The van der Waals surface area contributed by atoms with Gasteiger partial charge in [0.25, 0.3) is 0 Å². The first kappa shape index (κ1) is 20.8. The van der Waals surface area contributed by atoms with Crippen LogP contribution in [0.15, 0.2) is 41.5 Å². The number of hydrogen-bond donors (Lipinski definition) is 2. The van der Waals surface area contributed by atoms with Gasteiger partial charge in [0, 0.05) is 38.9 Å². The van der Waals surface area contributed by atoms with Crippen molar-refractivity contribution in [3.8, 4) is 5.75 Å². The molecule has 2 aromatic rings. The summed E-state index contributed by atoms with van der Waals surface area (Å²) >= 11 is 0. The molecule has 0 saturated heterocycles. The van der Waals surface area contributed by atoms with Gasteiger partial charge in [0.1, 0.15) is 12.4 Å². The predicted molar refractivity (Wildman–Crippen MR) is 110 cm³/mol. The van der Waals surface area contributed by atoms with E-state index in [1.807, 2.05) is 36.0 Å². The fraction of sp³-hybridized carbons (Fsp3) is 0.500. The molecule has 0 aliphatic carbocycles. The predicted octanol–water partition coefficient (Wildman–Crippen LogP) is 2.01. The number of guanidine groups is 1. The highest BCUT2D eigenvalue weighted by Crippen LogP contribution is 2.17. The number of ether oxygens (including phenoxy) is 1. The van der Waals surface area contributed by atoms with Gasteiger partial charge in [-0.1, -0.05) is 32.0 Å². The molecular formula is C20H32N6O. The number of nitrogens with zero attached hydrogens (tertiary/aromatic N) is 4. The number of aryl methyl sites for hydroxylation is 1. The van der Waals surface area contributed by atoms with Gasteiger partial charge < -0.3 is 20.3 Å². The van der Waals surface area contributed by atoms with Crippen molar-refractivity contribution in [2.45, 2.75) is 26.9 Å². The molecule has 148 valence electrons. The maximum Gasteiger partial charge on any atom is 0.191 e. The maximum absolute atomic E-state index is 6.02. The second-order valence-electron chi connectivity index (χ2n) is 6.21. The van der Waals surface area contributed by atoms with E-state index >= 15 is 0 Å². The van der Waals surface area contributed by atoms with E-state index in [9.17, 15) is 0 Å². The van der Waals surface area contributed by atoms with Crippen LogP contribution in [0.5, 0.6) is 5.75 Å². The highest BCUT2D eigenvalue weighted by molar-refractivity contribution is 5.79. The quantitative estimate of drug-likeness (QED) is 0.493. The average Bonchev–Trinajstić information content (AvgIpc) is 3.11. The van der Waals surface area contributed by atoms with Gasteiger partial charge in [0.05, 0.1) is 12.2 Å². The van der Waals surface area contributed by atoms with Crippen molar-refractivity contribution in [1.29, 1.82) is 0 Å². The van der Waals surface area contributed by atoms with Gasteiger partial charge in [0.15, 0.2) is 5.96 Å². The Hall–Kier alpha value is -2.54. The van der Waals surface area contributed by atoms with Gasteiger partial charge in [-0.05, 0) is 25.2 Å². The minimum absolute atomic E-state index is 0.645. The molecule has 27 heavy (non-hydrogen) atoms. The van der Waals surface area contributed by atoms with Crippen molar-refractivity contribution >= 4 is 5.96 Å². The lowest BCUT2D eigenvalue weighted by molar-refractivity contribution is 0.221. The number of hydrogen-bond acceptors (Lipinski definition) is 4. The monoisotopic (exact) mass is 372 g/mol. The van der Waals surface area contributed by atoms with Crippen LogP contribution in [0.2, 0.25) is 0 Å². The van der Waals surface area contributed by atoms with Crippen LogP contribution in [-0.4, -0.2) is 53.9 Å². The third-order valence-electron chi connectivity index (χ3n) is 4.56. The van der Waals surface area contributed by atoms with Gasteiger partial charge >= 0.3 is 0 Å². The molecule has 1 aromatic carbocycles. The minimum atomic E-state index is 0.645. The summed E-state index contributed by atoms with van der Waals surface area (Å²) in [6.07, 6.45) is 1.79. The molecule has 0 bridgehead atoms. The van der Waals surface area contributed by atoms with Gasteiger partial charge in [-0.15, -0.1) is 0 Å². The first-order chi connectivity index (χ1) is 13.2. The molecular weight excluding hydrogens is 340 g/mol. The molecule has 0 aliphatic rings. The van der Waals surface area contributed by atoms with E-state index in [4.69, 9.17) is 4.74 Å². The number of para-hydroxylation sites is 1. The Morgan fingerprint density at radius 1 is 1.15 bits per heavy atom. The molecule has 0 atom stereocenters. The molecule has 0 radical (unpaired) electrons. The van der Waals surface area contributed by atoms with Crippen molar-refractivity contribution in [3.05, 3.63) is 47.8 Å². The van der Waals surface area contributed by atoms with E-state index < -0.39 is 0 Å². The normalized spacial score (nSPS) is 11.7. The summed E-state index contributed by atoms with van der Waals surface area (Å²) in [5, 5.41) is 10.8. The third-order valence-corrected chi connectivity index (χ3v) is 4.56. The molecule has 7 nitrogen and oxygen atoms in total. The van der Waals surface area contributed by atoms with Gasteiger partial charge in [-0.25, -0.2) is 0 Å². The average molecular weight is 373 g/mol. The number of aliphatic imine (C=N–C) groups is 1. The summed E-state index contributed by atoms with van der Waals surface area (Å²) < 4.78 is 7.86. The van der Waals surface area contributed by atoms with Crippen molar-refractivity contribution in [2.24, 2.45) is 12.0 Å². The van der Waals surface area contributed by atoms with Crippen LogP contribution in [0.4, 0.5) is 0 Å². The number of nitrogens with one attached hydrogen (secondary N) is 2. The van der Waals surface area contributed by atoms with Crippen LogP contribution in [0, 0.1) is 0 Å². The summed E-state index contributed by atoms with van der Waals surface area (Å²) in [6.45, 7) is 9.36. The summed E-state index contributed by atoms with van der Waals surface area (Å²) in [5.74, 6) is 1.66. The summed E-state index contributed by atoms with van der Waals surface area (Å²) in [5.41, 5.74) is 2.21. The first-order valence-corrected chi connectivity index (χ1v) is 9.52. The third kappa shape index (κ3) is 6.60. The van der Waals surface area contributed by atoms with Crippen LogP contribution < -0.4 is 15.4 Å². The SMILES string of the molecule is CCN(CC)CCOc1ccccc1CNC(=NC)NCc1ccnn1C. The molecule has 1 aromatic heterocycles.